The zero-order chi connectivity index (χ0) is 100. The van der Waals surface area contributed by atoms with Crippen molar-refractivity contribution in [3.63, 3.8) is 0 Å². The number of nitrogens with zero attached hydrogens (tertiary/aromatic N) is 10. The smallest absolute Gasteiger partial charge is 0.227 e. The van der Waals surface area contributed by atoms with Crippen LogP contribution in [-0.2, 0) is 34.2 Å². The van der Waals surface area contributed by atoms with E-state index in [-0.39, 0.29) is 23.0 Å². The van der Waals surface area contributed by atoms with Gasteiger partial charge < -0.3 is 22.1 Å². The second-order valence-corrected chi connectivity index (χ2v) is 35.4. The minimum absolute atomic E-state index is 0.0900. The summed E-state index contributed by atoms with van der Waals surface area (Å²) in [6.07, 6.45) is 12.5. The van der Waals surface area contributed by atoms with Gasteiger partial charge in [0.2, 0.25) is 57.0 Å². The summed E-state index contributed by atoms with van der Waals surface area (Å²) in [6.45, 7) is 26.1. The lowest BCUT2D eigenvalue weighted by atomic mass is 9.94. The largest absolute Gasteiger partial charge is 0.437 e. The van der Waals surface area contributed by atoms with Crippen molar-refractivity contribution in [1.82, 2.24) is 24.9 Å². The van der Waals surface area contributed by atoms with Gasteiger partial charge in [0, 0.05) is 172 Å². The maximum atomic E-state index is 8.54. The number of pyridine rings is 10. The molecule has 20 aromatic rings. The van der Waals surface area contributed by atoms with Gasteiger partial charge in [-0.05, 0) is 223 Å². The molecule has 22 rings (SSSR count). The van der Waals surface area contributed by atoms with Gasteiger partial charge in [-0.15, -0.1) is 0 Å². The lowest BCUT2D eigenvalue weighted by Gasteiger charge is -2.12. The Morgan fingerprint density at radius 1 is 0.294 bits per heavy atom. The molecule has 0 saturated carbocycles. The fourth-order valence-electron chi connectivity index (χ4n) is 18.5. The predicted octanol–water partition coefficient (Wildman–Crippen LogP) is 26.0. The van der Waals surface area contributed by atoms with E-state index in [1.165, 1.54) is 22.4 Å². The third kappa shape index (κ3) is 14.7. The lowest BCUT2D eigenvalue weighted by Crippen LogP contribution is -2.32. The summed E-state index contributed by atoms with van der Waals surface area (Å²) in [7, 11) is 5.81. The molecular weight excluding hydrogens is 1550 g/mol. The first kappa shape index (κ1) is 68.0. The molecule has 0 unspecified atom stereocenters. The van der Waals surface area contributed by atoms with Crippen LogP contribution in [0.1, 0.15) is 219 Å². The van der Waals surface area contributed by atoms with Crippen molar-refractivity contribution in [3.8, 4) is 56.3 Å². The van der Waals surface area contributed by atoms with Gasteiger partial charge in [-0.25, -0.2) is 38.6 Å². The summed E-state index contributed by atoms with van der Waals surface area (Å²) in [5.74, 6) is -1.42. The summed E-state index contributed by atoms with van der Waals surface area (Å²) in [6, 6.07) is 50.8. The predicted molar refractivity (Wildman–Crippen MR) is 509 cm³/mol. The molecule has 15 heteroatoms. The van der Waals surface area contributed by atoms with Crippen molar-refractivity contribution in [1.29, 1.82) is 0 Å². The molecular formula is C111H113N10O5+5. The molecule has 5 aromatic carbocycles. The second-order valence-electron chi connectivity index (χ2n) is 35.4. The van der Waals surface area contributed by atoms with E-state index in [2.05, 4.69) is 131 Å². The van der Waals surface area contributed by atoms with Crippen LogP contribution in [0.3, 0.4) is 0 Å². The maximum Gasteiger partial charge on any atom is 0.227 e. The van der Waals surface area contributed by atoms with E-state index >= 15 is 0 Å². The Morgan fingerprint density at radius 2 is 0.571 bits per heavy atom. The number of hydrogen-bond donors (Lipinski definition) is 0. The Balaban J connectivity index is 0.000000116. The summed E-state index contributed by atoms with van der Waals surface area (Å²) >= 11 is 0. The van der Waals surface area contributed by atoms with Crippen LogP contribution in [0.25, 0.3) is 167 Å². The fourth-order valence-corrected chi connectivity index (χ4v) is 18.5. The molecule has 15 nitrogen and oxygen atoms in total. The van der Waals surface area contributed by atoms with Crippen molar-refractivity contribution in [3.05, 3.63) is 296 Å². The topological polar surface area (TPSA) is 150 Å². The highest BCUT2D eigenvalue weighted by Crippen LogP contribution is 2.46. The molecule has 632 valence electrons. The van der Waals surface area contributed by atoms with Crippen LogP contribution in [0.15, 0.2) is 217 Å². The Hall–Kier alpha value is -13.4. The number of aryl methyl sites for hydroxylation is 14. The van der Waals surface area contributed by atoms with Gasteiger partial charge in [0.25, 0.3) is 0 Å². The SMILES string of the molecule is Cc1ccc2c(n1)oc1c(-c3cc(C(C)C)c(C)c[n+]3C)c(C)ccc12.[2H]C([2H])([2H])c1c[n+](C)c(-c2c(C)ccc3c2oc2ncccc23)cc1C(C)C.[2H]C([2H])([2H])c1c[n+](C)c(-c2c(C)ccc3c2oc2ncccc23)cc1C([2H])(C)C.[2H]C([2H])([2H])c1c[n+]2c(cc1C(C)C)-c1c(ccc3c1oc1nc(C)ccc13)C2.[2H]C([2H])([2H])c1c[n+]2c(cc1C([2H])(C)C)-c1c(ccc3c1oc1nc(C)ccc13)C2. The third-order valence-electron chi connectivity index (χ3n) is 24.9. The standard InChI is InChI=1S/C23H25N2O.2C22H21N2O.2C22H23N2O/c1-13(2)19-11-20(25(6)12-15(19)4)21-14(3)7-9-17-18-10-8-16(5)24-23(18)26-22(17)21;2*1-12(2)18-9-19-20-15(11-24(19)10-13(18)3)6-8-16-17-7-5-14(4)23-22(17)25-21(16)20;2*1-13(2)18-11-19(24(5)12-15(18)4)20-14(3)8-9-16-17-7-6-10-23-22(17)25-21(16)20/h7-13H,1-6H3;2*5-10,12H,11H2,1-4H3;2*6-13H,1-5H3/q5*+1/i;3D3,12D;3D3;4D3,13D;4D3. The summed E-state index contributed by atoms with van der Waals surface area (Å²) in [5, 5.41) is 10.1. The average molecular weight is 1680 g/mol. The molecule has 0 saturated heterocycles. The number of hydrogen-bond acceptors (Lipinski definition) is 10. The van der Waals surface area contributed by atoms with E-state index in [1.54, 1.807) is 69.4 Å². The first-order valence-corrected chi connectivity index (χ1v) is 43.0. The second kappa shape index (κ2) is 32.6. The average Bonchev–Trinajstić information content (AvgIpc) is 1.60. The number of rotatable bonds is 8. The molecule has 0 atom stereocenters. The number of benzene rings is 5. The van der Waals surface area contributed by atoms with Crippen LogP contribution in [0, 0.1) is 75.9 Å². The highest BCUT2D eigenvalue weighted by molar-refractivity contribution is 6.13. The number of fused-ring (bicyclic) bond motifs is 23. The Kier molecular flexibility index (Phi) is 17.6. The molecule has 0 bridgehead atoms. The van der Waals surface area contributed by atoms with Crippen LogP contribution >= 0.6 is 0 Å². The molecule has 0 fully saturated rings. The van der Waals surface area contributed by atoms with Crippen LogP contribution in [-0.4, -0.2) is 24.9 Å². The van der Waals surface area contributed by atoms with E-state index in [9.17, 15) is 0 Å². The van der Waals surface area contributed by atoms with E-state index in [4.69, 9.17) is 41.3 Å². The minimum Gasteiger partial charge on any atom is -0.437 e. The molecule has 0 amide bonds. The summed E-state index contributed by atoms with van der Waals surface area (Å²) < 4.78 is 153. The van der Waals surface area contributed by atoms with E-state index < -0.39 is 39.2 Å². The van der Waals surface area contributed by atoms with Crippen molar-refractivity contribution in [2.75, 3.05) is 0 Å². The van der Waals surface area contributed by atoms with Gasteiger partial charge in [0.15, 0.2) is 72.0 Å². The van der Waals surface area contributed by atoms with E-state index in [0.29, 0.717) is 75.4 Å². The fraction of sp³-hybridized carbons (Fsp3) is 0.279. The molecule has 17 heterocycles. The molecule has 0 radical (unpaired) electrons. The summed E-state index contributed by atoms with van der Waals surface area (Å²) in [4.78, 5) is 22.3. The number of aromatic nitrogens is 10. The molecule has 0 spiro atoms. The summed E-state index contributed by atoms with van der Waals surface area (Å²) in [5.41, 5.74) is 31.8. The van der Waals surface area contributed by atoms with Crippen LogP contribution in [0.4, 0.5) is 0 Å². The molecule has 126 heavy (non-hydrogen) atoms. The molecule has 2 aliphatic heterocycles. The van der Waals surface area contributed by atoms with Gasteiger partial charge in [0.05, 0.1) is 27.8 Å². The normalized spacial score (nSPS) is 14.5. The Morgan fingerprint density at radius 3 is 0.929 bits per heavy atom. The van der Waals surface area contributed by atoms with Crippen molar-refractivity contribution in [2.24, 2.45) is 21.1 Å². The van der Waals surface area contributed by atoms with Crippen molar-refractivity contribution >= 4 is 110 Å². The van der Waals surface area contributed by atoms with Crippen LogP contribution < -0.4 is 22.8 Å². The molecule has 0 N–H and O–H groups in total. The Labute approximate surface area is 756 Å². The highest BCUT2D eigenvalue weighted by Gasteiger charge is 2.36. The molecule has 2 aliphatic rings. The maximum absolute atomic E-state index is 8.54. The zero-order valence-electron chi connectivity index (χ0n) is 89.1. The van der Waals surface area contributed by atoms with E-state index in [0.717, 1.165) is 177 Å². The molecule has 0 aliphatic carbocycles. The monoisotopic (exact) mass is 1680 g/mol. The van der Waals surface area contributed by atoms with Gasteiger partial charge in [0.1, 0.15) is 21.1 Å². The van der Waals surface area contributed by atoms with Crippen molar-refractivity contribution in [2.45, 2.75) is 188 Å². The number of furan rings is 5. The minimum atomic E-state index is -2.30. The first-order valence-electron chi connectivity index (χ1n) is 50.0. The molecule has 15 aromatic heterocycles. The first-order chi connectivity index (χ1) is 65.8. The van der Waals surface area contributed by atoms with Gasteiger partial charge in [-0.2, -0.15) is 9.13 Å². The van der Waals surface area contributed by atoms with E-state index in [1.807, 2.05) is 181 Å². The quantitative estimate of drug-likeness (QED) is 0.135. The third-order valence-corrected chi connectivity index (χ3v) is 24.9. The highest BCUT2D eigenvalue weighted by atomic mass is 16.4. The van der Waals surface area contributed by atoms with Crippen LogP contribution in [0.5, 0.6) is 0 Å². The van der Waals surface area contributed by atoms with Crippen LogP contribution in [0.2, 0.25) is 0 Å². The van der Waals surface area contributed by atoms with Crippen molar-refractivity contribution < 1.29 is 64.1 Å². The lowest BCUT2D eigenvalue weighted by molar-refractivity contribution is -0.672. The van der Waals surface area contributed by atoms with Gasteiger partial charge in [-0.3, -0.25) is 0 Å². The zero-order valence-corrected chi connectivity index (χ0v) is 75.1. The Bertz CT molecular complexity index is 8460. The van der Waals surface area contributed by atoms with Gasteiger partial charge >= 0.3 is 0 Å². The van der Waals surface area contributed by atoms with Gasteiger partial charge in [-0.1, -0.05) is 118 Å².